The molecule has 0 spiro atoms. The molecule has 1 aromatic heterocycles. The smallest absolute Gasteiger partial charge is 0.203 e. The molecular formula is C22H21N3O4. The van der Waals surface area contributed by atoms with Crippen molar-refractivity contribution >= 4 is 5.82 Å². The van der Waals surface area contributed by atoms with Crippen molar-refractivity contribution in [2.45, 2.75) is 0 Å². The summed E-state index contributed by atoms with van der Waals surface area (Å²) in [6.07, 6.45) is 0. The van der Waals surface area contributed by atoms with Crippen LogP contribution < -0.4 is 24.7 Å². The van der Waals surface area contributed by atoms with E-state index in [1.807, 2.05) is 24.3 Å². The Morgan fingerprint density at radius 3 is 2.07 bits per heavy atom. The fourth-order valence-corrected chi connectivity index (χ4v) is 3.12. The topological polar surface area (TPSA) is 99.6 Å². The summed E-state index contributed by atoms with van der Waals surface area (Å²) in [5, 5.41) is 9.70. The predicted molar refractivity (Wildman–Crippen MR) is 110 cm³/mol. The molecule has 0 saturated heterocycles. The molecule has 0 aliphatic carbocycles. The number of pyridine rings is 1. The second-order valence-electron chi connectivity index (χ2n) is 6.04. The zero-order chi connectivity index (χ0) is 21.0. The Morgan fingerprint density at radius 2 is 1.52 bits per heavy atom. The number of nitrogens with zero attached hydrogens (tertiary/aromatic N) is 2. The van der Waals surface area contributed by atoms with E-state index in [0.29, 0.717) is 34.1 Å². The van der Waals surface area contributed by atoms with E-state index in [4.69, 9.17) is 24.7 Å². The molecule has 1 heterocycles. The van der Waals surface area contributed by atoms with E-state index in [0.717, 1.165) is 11.3 Å². The van der Waals surface area contributed by atoms with Crippen molar-refractivity contribution in [1.29, 1.82) is 5.26 Å². The molecule has 2 aromatic carbocycles. The van der Waals surface area contributed by atoms with E-state index in [2.05, 4.69) is 11.1 Å². The summed E-state index contributed by atoms with van der Waals surface area (Å²) in [6, 6.07) is 14.9. The number of methoxy groups -OCH3 is 4. The molecule has 0 bridgehead atoms. The largest absolute Gasteiger partial charge is 0.497 e. The second kappa shape index (κ2) is 8.40. The Balaban J connectivity index is 2.26. The van der Waals surface area contributed by atoms with Crippen LogP contribution in [0.5, 0.6) is 23.0 Å². The van der Waals surface area contributed by atoms with E-state index in [-0.39, 0.29) is 11.4 Å². The number of nitrogens with two attached hydrogens (primary N) is 1. The molecule has 3 rings (SSSR count). The van der Waals surface area contributed by atoms with Crippen molar-refractivity contribution in [3.05, 3.63) is 48.0 Å². The van der Waals surface area contributed by atoms with Crippen LogP contribution in [0.2, 0.25) is 0 Å². The summed E-state index contributed by atoms with van der Waals surface area (Å²) in [5.74, 6) is 2.25. The van der Waals surface area contributed by atoms with Crippen LogP contribution in [0.4, 0.5) is 5.82 Å². The molecule has 0 amide bonds. The minimum absolute atomic E-state index is 0.132. The van der Waals surface area contributed by atoms with Gasteiger partial charge < -0.3 is 24.7 Å². The Hall–Kier alpha value is -3.92. The number of nitriles is 1. The van der Waals surface area contributed by atoms with E-state index in [9.17, 15) is 5.26 Å². The number of aromatic nitrogens is 1. The quantitative estimate of drug-likeness (QED) is 0.680. The van der Waals surface area contributed by atoms with Gasteiger partial charge in [0.15, 0.2) is 11.5 Å². The van der Waals surface area contributed by atoms with Gasteiger partial charge in [0.25, 0.3) is 0 Å². The summed E-state index contributed by atoms with van der Waals surface area (Å²) in [4.78, 5) is 4.41. The highest BCUT2D eigenvalue weighted by Gasteiger charge is 2.21. The van der Waals surface area contributed by atoms with Crippen LogP contribution in [0.15, 0.2) is 42.5 Å². The van der Waals surface area contributed by atoms with Gasteiger partial charge in [-0.25, -0.2) is 4.98 Å². The Labute approximate surface area is 169 Å². The summed E-state index contributed by atoms with van der Waals surface area (Å²) in [5.41, 5.74) is 9.07. The Morgan fingerprint density at radius 1 is 0.828 bits per heavy atom. The number of nitrogen functional groups attached to an aromatic ring is 1. The van der Waals surface area contributed by atoms with E-state index >= 15 is 0 Å². The monoisotopic (exact) mass is 391 g/mol. The van der Waals surface area contributed by atoms with Crippen molar-refractivity contribution in [3.8, 4) is 51.5 Å². The normalized spacial score (nSPS) is 10.2. The maximum Gasteiger partial charge on any atom is 0.203 e. The van der Waals surface area contributed by atoms with Gasteiger partial charge in [0.2, 0.25) is 5.75 Å². The Kier molecular flexibility index (Phi) is 5.74. The van der Waals surface area contributed by atoms with Gasteiger partial charge in [-0.2, -0.15) is 5.26 Å². The van der Waals surface area contributed by atoms with Crippen LogP contribution >= 0.6 is 0 Å². The first-order valence-electron chi connectivity index (χ1n) is 8.72. The third kappa shape index (κ3) is 3.60. The predicted octanol–water partition coefficient (Wildman–Crippen LogP) is 3.90. The average Bonchev–Trinajstić information content (AvgIpc) is 2.77. The van der Waals surface area contributed by atoms with Gasteiger partial charge >= 0.3 is 0 Å². The first-order chi connectivity index (χ1) is 14.1. The van der Waals surface area contributed by atoms with Gasteiger partial charge in [-0.05, 0) is 42.5 Å². The third-order valence-corrected chi connectivity index (χ3v) is 4.54. The van der Waals surface area contributed by atoms with Gasteiger partial charge in [0.05, 0.1) is 34.1 Å². The molecule has 7 nitrogen and oxygen atoms in total. The standard InChI is InChI=1S/C22H21N3O4/c1-26-14-7-5-13(6-8-14)18-11-16(17(12-23)22(24)25-18)15-9-10-19(27-2)21(29-4)20(15)28-3/h5-11H,1-4H3,(H2,24,25). The van der Waals surface area contributed by atoms with Gasteiger partial charge in [-0.15, -0.1) is 0 Å². The maximum atomic E-state index is 9.70. The zero-order valence-corrected chi connectivity index (χ0v) is 16.6. The molecule has 3 aromatic rings. The van der Waals surface area contributed by atoms with Crippen molar-refractivity contribution < 1.29 is 18.9 Å². The molecule has 0 unspecified atom stereocenters. The van der Waals surface area contributed by atoms with Crippen LogP contribution in [0.3, 0.4) is 0 Å². The fourth-order valence-electron chi connectivity index (χ4n) is 3.12. The van der Waals surface area contributed by atoms with Crippen molar-refractivity contribution in [2.24, 2.45) is 0 Å². The molecule has 0 radical (unpaired) electrons. The first kappa shape index (κ1) is 19.8. The molecular weight excluding hydrogens is 370 g/mol. The van der Waals surface area contributed by atoms with Crippen LogP contribution in [0, 0.1) is 11.3 Å². The number of anilines is 1. The van der Waals surface area contributed by atoms with Crippen LogP contribution in [0.1, 0.15) is 5.56 Å². The molecule has 0 saturated carbocycles. The summed E-state index contributed by atoms with van der Waals surface area (Å²) < 4.78 is 21.6. The highest BCUT2D eigenvalue weighted by Crippen LogP contribution is 2.46. The first-order valence-corrected chi connectivity index (χ1v) is 8.72. The molecule has 0 aliphatic heterocycles. The van der Waals surface area contributed by atoms with E-state index in [1.54, 1.807) is 32.4 Å². The van der Waals surface area contributed by atoms with Crippen molar-refractivity contribution in [3.63, 3.8) is 0 Å². The number of benzene rings is 2. The lowest BCUT2D eigenvalue weighted by molar-refractivity contribution is 0.325. The highest BCUT2D eigenvalue weighted by molar-refractivity contribution is 5.85. The van der Waals surface area contributed by atoms with Crippen LogP contribution in [-0.2, 0) is 0 Å². The Bertz CT molecular complexity index is 1070. The van der Waals surface area contributed by atoms with Crippen molar-refractivity contribution in [2.75, 3.05) is 34.2 Å². The SMILES string of the molecule is COc1ccc(-c2cc(-c3ccc(OC)c(OC)c3OC)c(C#N)c(N)n2)cc1. The van der Waals surface area contributed by atoms with E-state index in [1.165, 1.54) is 14.2 Å². The highest BCUT2D eigenvalue weighted by atomic mass is 16.5. The van der Waals surface area contributed by atoms with E-state index < -0.39 is 0 Å². The number of rotatable bonds is 6. The molecule has 0 aliphatic rings. The van der Waals surface area contributed by atoms with Crippen LogP contribution in [0.25, 0.3) is 22.4 Å². The summed E-state index contributed by atoms with van der Waals surface area (Å²) in [6.45, 7) is 0. The fraction of sp³-hybridized carbons (Fsp3) is 0.182. The van der Waals surface area contributed by atoms with Gasteiger partial charge in [0, 0.05) is 16.7 Å². The lowest BCUT2D eigenvalue weighted by atomic mass is 9.97. The minimum Gasteiger partial charge on any atom is -0.497 e. The molecule has 2 N–H and O–H groups in total. The van der Waals surface area contributed by atoms with Gasteiger partial charge in [-0.1, -0.05) is 0 Å². The summed E-state index contributed by atoms with van der Waals surface area (Å²) >= 11 is 0. The maximum absolute atomic E-state index is 9.70. The number of hydrogen-bond acceptors (Lipinski definition) is 7. The second-order valence-corrected chi connectivity index (χ2v) is 6.04. The average molecular weight is 391 g/mol. The van der Waals surface area contributed by atoms with Crippen molar-refractivity contribution in [1.82, 2.24) is 4.98 Å². The third-order valence-electron chi connectivity index (χ3n) is 4.54. The lowest BCUT2D eigenvalue weighted by Crippen LogP contribution is -2.02. The molecule has 0 atom stereocenters. The van der Waals surface area contributed by atoms with Gasteiger partial charge in [0.1, 0.15) is 23.2 Å². The minimum atomic E-state index is 0.132. The molecule has 7 heteroatoms. The molecule has 0 fully saturated rings. The lowest BCUT2D eigenvalue weighted by Gasteiger charge is -2.17. The molecule has 29 heavy (non-hydrogen) atoms. The van der Waals surface area contributed by atoms with Crippen LogP contribution in [-0.4, -0.2) is 33.4 Å². The summed E-state index contributed by atoms with van der Waals surface area (Å²) in [7, 11) is 6.21. The number of hydrogen-bond donors (Lipinski definition) is 1. The number of ether oxygens (including phenoxy) is 4. The van der Waals surface area contributed by atoms with Gasteiger partial charge in [-0.3, -0.25) is 0 Å². The molecule has 148 valence electrons. The zero-order valence-electron chi connectivity index (χ0n) is 16.6.